The molecule has 2 heterocycles. The van der Waals surface area contributed by atoms with Crippen LogP contribution in [0.1, 0.15) is 19.4 Å². The smallest absolute Gasteiger partial charge is 0.190 e. The van der Waals surface area contributed by atoms with Gasteiger partial charge in [-0.15, -0.1) is 0 Å². The number of benzene rings is 1. The molecule has 2 fully saturated rings. The number of hydrogen-bond acceptors (Lipinski definition) is 6. The normalized spacial score (nSPS) is 31.3. The second-order valence-electron chi connectivity index (χ2n) is 6.52. The maximum absolute atomic E-state index is 10.4. The zero-order valence-corrected chi connectivity index (χ0v) is 15.6. The van der Waals surface area contributed by atoms with E-state index in [4.69, 9.17) is 24.2 Å². The van der Waals surface area contributed by atoms with Crippen molar-refractivity contribution < 1.29 is 24.1 Å². The molecule has 3 rings (SSSR count). The molecule has 0 spiro atoms. The summed E-state index contributed by atoms with van der Waals surface area (Å²) >= 11 is 3.49. The Labute approximate surface area is 155 Å². The van der Waals surface area contributed by atoms with Gasteiger partial charge in [0.15, 0.2) is 12.1 Å². The van der Waals surface area contributed by atoms with Crippen LogP contribution in [0.4, 0.5) is 0 Å². The highest BCUT2D eigenvalue weighted by atomic mass is 79.9. The predicted molar refractivity (Wildman–Crippen MR) is 92.2 cm³/mol. The number of fused-ring (bicyclic) bond motifs is 1. The second kappa shape index (κ2) is 7.16. The van der Waals surface area contributed by atoms with Crippen molar-refractivity contribution in [3.8, 4) is 6.07 Å². The summed E-state index contributed by atoms with van der Waals surface area (Å²) < 4.78 is 24.4. The van der Waals surface area contributed by atoms with Gasteiger partial charge in [0.1, 0.15) is 24.4 Å². The molecule has 0 aliphatic carbocycles. The number of ether oxygens (including phenoxy) is 4. The first-order valence-electron chi connectivity index (χ1n) is 7.95. The molecule has 0 amide bonds. The molecule has 0 aromatic heterocycles. The molecular weight excluding hydrogens is 390 g/mol. The topological polar surface area (TPSA) is 80.9 Å². The van der Waals surface area contributed by atoms with Crippen LogP contribution in [-0.4, -0.2) is 41.6 Å². The molecule has 7 heteroatoms. The Morgan fingerprint density at radius 1 is 1.44 bits per heavy atom. The Bertz CT molecular complexity index is 701. The first-order chi connectivity index (χ1) is 11.8. The highest BCUT2D eigenvalue weighted by Crippen LogP contribution is 2.40. The third kappa shape index (κ3) is 3.80. The molecule has 0 bridgehead atoms. The van der Waals surface area contributed by atoms with Gasteiger partial charge in [-0.3, -0.25) is 0 Å². The number of aliphatic hydroxyl groups is 1. The number of hydrogen-bond donors (Lipinski definition) is 1. The number of halogens is 1. The van der Waals surface area contributed by atoms with E-state index in [2.05, 4.69) is 22.5 Å². The summed E-state index contributed by atoms with van der Waals surface area (Å²) in [5, 5.41) is 19.4. The summed E-state index contributed by atoms with van der Waals surface area (Å²) in [4.78, 5) is 0. The summed E-state index contributed by atoms with van der Waals surface area (Å²) in [6.07, 6.45) is -3.73. The predicted octanol–water partition coefficient (Wildman–Crippen LogP) is 2.65. The summed E-state index contributed by atoms with van der Waals surface area (Å²) in [5.41, 5.74) is 0.968. The third-order valence-electron chi connectivity index (χ3n) is 4.23. The van der Waals surface area contributed by atoms with Crippen LogP contribution in [0.25, 0.3) is 0 Å². The van der Waals surface area contributed by atoms with E-state index in [1.807, 2.05) is 30.3 Å². The van der Waals surface area contributed by atoms with E-state index in [1.165, 1.54) is 0 Å². The molecular formula is C18H20BrNO5. The minimum atomic E-state index is -1.19. The Hall–Kier alpha value is -1.27. The number of nitrogens with zero attached hydrogens (tertiary/aromatic N) is 1. The van der Waals surface area contributed by atoms with E-state index in [-0.39, 0.29) is 5.57 Å². The summed E-state index contributed by atoms with van der Waals surface area (Å²) in [6, 6.07) is 9.56. The zero-order chi connectivity index (χ0) is 18.2. The van der Waals surface area contributed by atoms with E-state index in [9.17, 15) is 5.11 Å². The molecule has 1 aromatic rings. The second-order valence-corrected chi connectivity index (χ2v) is 7.37. The summed E-state index contributed by atoms with van der Waals surface area (Å²) in [7, 11) is 0. The Kier molecular flexibility index (Phi) is 5.30. The Morgan fingerprint density at radius 3 is 2.84 bits per heavy atom. The van der Waals surface area contributed by atoms with Crippen molar-refractivity contribution >= 4 is 15.9 Å². The van der Waals surface area contributed by atoms with E-state index < -0.39 is 36.5 Å². The van der Waals surface area contributed by atoms with Gasteiger partial charge < -0.3 is 24.1 Å². The van der Waals surface area contributed by atoms with Gasteiger partial charge in [-0.05, 0) is 25.5 Å². The lowest BCUT2D eigenvalue weighted by molar-refractivity contribution is -0.227. The highest BCUT2D eigenvalue weighted by molar-refractivity contribution is 9.10. The average molecular weight is 410 g/mol. The van der Waals surface area contributed by atoms with Gasteiger partial charge in [-0.2, -0.15) is 5.26 Å². The molecule has 6 nitrogen and oxygen atoms in total. The first-order valence-corrected chi connectivity index (χ1v) is 8.75. The van der Waals surface area contributed by atoms with E-state index in [0.717, 1.165) is 10.0 Å². The molecule has 1 aromatic carbocycles. The fourth-order valence-electron chi connectivity index (χ4n) is 3.01. The fourth-order valence-corrected chi connectivity index (χ4v) is 3.41. The van der Waals surface area contributed by atoms with Crippen LogP contribution in [0.15, 0.2) is 40.9 Å². The van der Waals surface area contributed by atoms with E-state index >= 15 is 0 Å². The lowest BCUT2D eigenvalue weighted by atomic mass is 10.0. The van der Waals surface area contributed by atoms with Gasteiger partial charge in [0.05, 0.1) is 18.2 Å². The molecule has 0 radical (unpaired) electrons. The Morgan fingerprint density at radius 2 is 2.16 bits per heavy atom. The average Bonchev–Trinajstić information content (AvgIpc) is 3.04. The summed E-state index contributed by atoms with van der Waals surface area (Å²) in [5.74, 6) is -0.799. The van der Waals surface area contributed by atoms with Gasteiger partial charge in [-0.1, -0.05) is 40.7 Å². The quantitative estimate of drug-likeness (QED) is 0.752. The lowest BCUT2D eigenvalue weighted by Crippen LogP contribution is -2.43. The van der Waals surface area contributed by atoms with Gasteiger partial charge >= 0.3 is 0 Å². The first kappa shape index (κ1) is 18.5. The molecule has 5 atom stereocenters. The zero-order valence-electron chi connectivity index (χ0n) is 14.0. The van der Waals surface area contributed by atoms with Gasteiger partial charge in [0.2, 0.25) is 0 Å². The molecule has 2 saturated heterocycles. The maximum atomic E-state index is 10.4. The van der Waals surface area contributed by atoms with E-state index in [1.54, 1.807) is 13.8 Å². The molecule has 1 N–H and O–H groups in total. The lowest BCUT2D eigenvalue weighted by Gasteiger charge is -2.28. The van der Waals surface area contributed by atoms with E-state index in [0.29, 0.717) is 6.61 Å². The number of rotatable bonds is 5. The largest absolute Gasteiger partial charge is 0.385 e. The standard InChI is InChI=1S/C18H20BrNO5/c1-10(8-20)13(21)14-15(16-17(23-14)25-18(2,3)24-16)22-9-11-6-4-5-7-12(11)19/h4-7,13-17,21H,1,9H2,2-3H3/t13-,14-,15+,16-,17-/m1/s1. The van der Waals surface area contributed by atoms with Crippen LogP contribution in [0.5, 0.6) is 0 Å². The van der Waals surface area contributed by atoms with Crippen molar-refractivity contribution in [2.45, 2.75) is 56.9 Å². The van der Waals surface area contributed by atoms with Gasteiger partial charge in [0.25, 0.3) is 0 Å². The Balaban J connectivity index is 1.79. The van der Waals surface area contributed by atoms with Crippen LogP contribution in [0.3, 0.4) is 0 Å². The van der Waals surface area contributed by atoms with Crippen molar-refractivity contribution in [1.29, 1.82) is 5.26 Å². The van der Waals surface area contributed by atoms with Crippen molar-refractivity contribution in [3.63, 3.8) is 0 Å². The molecule has 134 valence electrons. The molecule has 25 heavy (non-hydrogen) atoms. The van der Waals surface area contributed by atoms with Crippen LogP contribution in [-0.2, 0) is 25.6 Å². The summed E-state index contributed by atoms with van der Waals surface area (Å²) in [6.45, 7) is 7.45. The maximum Gasteiger partial charge on any atom is 0.190 e. The van der Waals surface area contributed by atoms with Crippen LogP contribution in [0.2, 0.25) is 0 Å². The van der Waals surface area contributed by atoms with Gasteiger partial charge in [-0.25, -0.2) is 0 Å². The number of aliphatic hydroxyl groups excluding tert-OH is 1. The highest BCUT2D eigenvalue weighted by Gasteiger charge is 2.57. The molecule has 0 saturated carbocycles. The van der Waals surface area contributed by atoms with Crippen LogP contribution in [0, 0.1) is 11.3 Å². The number of nitriles is 1. The fraction of sp³-hybridized carbons (Fsp3) is 0.500. The van der Waals surface area contributed by atoms with Gasteiger partial charge in [0, 0.05) is 4.47 Å². The monoisotopic (exact) mass is 409 g/mol. The minimum Gasteiger partial charge on any atom is -0.385 e. The van der Waals surface area contributed by atoms with Crippen molar-refractivity contribution in [2.75, 3.05) is 0 Å². The van der Waals surface area contributed by atoms with Crippen LogP contribution < -0.4 is 0 Å². The SMILES string of the molecule is C=C(C#N)[C@@H](O)[C@H]1O[C@@H]2OC(C)(C)O[C@@H]2[C@H]1OCc1ccccc1Br. The van der Waals surface area contributed by atoms with Crippen molar-refractivity contribution in [1.82, 2.24) is 0 Å². The molecule has 2 aliphatic heterocycles. The van der Waals surface area contributed by atoms with Crippen molar-refractivity contribution in [2.24, 2.45) is 0 Å². The molecule has 2 aliphatic rings. The third-order valence-corrected chi connectivity index (χ3v) is 5.00. The minimum absolute atomic E-state index is 0.0127. The van der Waals surface area contributed by atoms with Crippen molar-refractivity contribution in [3.05, 3.63) is 46.5 Å². The molecule has 0 unspecified atom stereocenters. The van der Waals surface area contributed by atoms with Crippen LogP contribution >= 0.6 is 15.9 Å².